The highest BCUT2D eigenvalue weighted by molar-refractivity contribution is 5.72. The van der Waals surface area contributed by atoms with Crippen molar-refractivity contribution in [1.29, 1.82) is 0 Å². The van der Waals surface area contributed by atoms with Crippen molar-refractivity contribution >= 4 is 6.03 Å². The van der Waals surface area contributed by atoms with E-state index in [1.807, 2.05) is 6.07 Å². The molecule has 1 unspecified atom stereocenters. The first-order valence-electron chi connectivity index (χ1n) is 6.45. The lowest BCUT2D eigenvalue weighted by atomic mass is 10.0. The van der Waals surface area contributed by atoms with E-state index in [1.54, 1.807) is 4.90 Å². The molecule has 0 bridgehead atoms. The molecule has 1 aliphatic heterocycles. The van der Waals surface area contributed by atoms with Crippen LogP contribution in [0.25, 0.3) is 0 Å². The highest BCUT2D eigenvalue weighted by atomic mass is 16.5. The number of ether oxygens (including phenoxy) is 1. The predicted octanol–water partition coefficient (Wildman–Crippen LogP) is 1.79. The van der Waals surface area contributed by atoms with E-state index in [2.05, 4.69) is 24.3 Å². The smallest absolute Gasteiger partial charge is 0.315 e. The Bertz CT molecular complexity index is 381. The molecule has 0 aromatic heterocycles. The lowest BCUT2D eigenvalue weighted by Crippen LogP contribution is -2.50. The monoisotopic (exact) mass is 248 g/mol. The third-order valence-corrected chi connectivity index (χ3v) is 3.36. The lowest BCUT2D eigenvalue weighted by molar-refractivity contribution is 0.0110. The number of primary amides is 1. The summed E-state index contributed by atoms with van der Waals surface area (Å²) in [6.07, 6.45) is 3.02. The number of nitrogens with zero attached hydrogens (tertiary/aromatic N) is 1. The number of amides is 2. The number of carbonyl (C=O) groups excluding carboxylic acids is 1. The molecule has 1 heterocycles. The van der Waals surface area contributed by atoms with Crippen LogP contribution in [0.1, 0.15) is 18.4 Å². The summed E-state index contributed by atoms with van der Waals surface area (Å²) in [4.78, 5) is 13.0. The number of rotatable bonds is 4. The molecule has 2 N–H and O–H groups in total. The molecular formula is C14H20N2O2. The maximum Gasteiger partial charge on any atom is 0.315 e. The molecule has 0 spiro atoms. The van der Waals surface area contributed by atoms with E-state index in [-0.39, 0.29) is 12.1 Å². The van der Waals surface area contributed by atoms with Gasteiger partial charge in [0.2, 0.25) is 0 Å². The number of aryl methyl sites for hydroxylation is 1. The van der Waals surface area contributed by atoms with Crippen molar-refractivity contribution in [1.82, 2.24) is 4.90 Å². The first-order valence-corrected chi connectivity index (χ1v) is 6.45. The molecule has 1 fully saturated rings. The summed E-state index contributed by atoms with van der Waals surface area (Å²) in [5.74, 6) is 0. The Morgan fingerprint density at radius 1 is 1.39 bits per heavy atom. The van der Waals surface area contributed by atoms with Gasteiger partial charge in [0.1, 0.15) is 0 Å². The molecule has 4 nitrogen and oxygen atoms in total. The number of benzene rings is 1. The molecule has 18 heavy (non-hydrogen) atoms. The maximum absolute atomic E-state index is 11.3. The van der Waals surface area contributed by atoms with E-state index in [1.165, 1.54) is 5.56 Å². The summed E-state index contributed by atoms with van der Waals surface area (Å²) in [7, 11) is 0. The molecule has 4 heteroatoms. The van der Waals surface area contributed by atoms with Crippen LogP contribution < -0.4 is 5.73 Å². The van der Waals surface area contributed by atoms with E-state index >= 15 is 0 Å². The summed E-state index contributed by atoms with van der Waals surface area (Å²) in [6, 6.07) is 10.2. The molecule has 1 aromatic carbocycles. The Kier molecular flexibility index (Phi) is 4.59. The van der Waals surface area contributed by atoms with Crippen molar-refractivity contribution in [3.63, 3.8) is 0 Å². The fourth-order valence-corrected chi connectivity index (χ4v) is 2.37. The largest absolute Gasteiger partial charge is 0.377 e. The van der Waals surface area contributed by atoms with E-state index in [0.29, 0.717) is 19.8 Å². The van der Waals surface area contributed by atoms with Gasteiger partial charge in [-0.25, -0.2) is 4.79 Å². The Labute approximate surface area is 108 Å². The zero-order valence-corrected chi connectivity index (χ0v) is 10.5. The van der Waals surface area contributed by atoms with Gasteiger partial charge in [0.05, 0.1) is 19.3 Å². The van der Waals surface area contributed by atoms with Gasteiger partial charge in [-0.15, -0.1) is 0 Å². The molecule has 2 amide bonds. The van der Waals surface area contributed by atoms with Gasteiger partial charge >= 0.3 is 6.03 Å². The first-order chi connectivity index (χ1) is 8.77. The number of morpholine rings is 1. The second-order valence-electron chi connectivity index (χ2n) is 4.64. The summed E-state index contributed by atoms with van der Waals surface area (Å²) < 4.78 is 5.42. The van der Waals surface area contributed by atoms with E-state index < -0.39 is 0 Å². The van der Waals surface area contributed by atoms with Crippen LogP contribution in [-0.2, 0) is 11.2 Å². The van der Waals surface area contributed by atoms with Gasteiger partial charge in [0.25, 0.3) is 0 Å². The lowest BCUT2D eigenvalue weighted by Gasteiger charge is -2.34. The van der Waals surface area contributed by atoms with Crippen LogP contribution in [0.5, 0.6) is 0 Å². The van der Waals surface area contributed by atoms with Crippen LogP contribution >= 0.6 is 0 Å². The molecular weight excluding hydrogens is 228 g/mol. The number of nitrogens with two attached hydrogens (primary N) is 1. The zero-order chi connectivity index (χ0) is 12.8. The van der Waals surface area contributed by atoms with Gasteiger partial charge in [-0.3, -0.25) is 0 Å². The zero-order valence-electron chi connectivity index (χ0n) is 10.5. The molecule has 1 aromatic rings. The Morgan fingerprint density at radius 3 is 2.89 bits per heavy atom. The Balaban J connectivity index is 1.79. The minimum Gasteiger partial charge on any atom is -0.377 e. The minimum absolute atomic E-state index is 0.139. The summed E-state index contributed by atoms with van der Waals surface area (Å²) in [6.45, 7) is 1.82. The topological polar surface area (TPSA) is 55.6 Å². The van der Waals surface area contributed by atoms with Crippen molar-refractivity contribution in [2.24, 2.45) is 5.73 Å². The van der Waals surface area contributed by atoms with Crippen LogP contribution in [0, 0.1) is 0 Å². The summed E-state index contributed by atoms with van der Waals surface area (Å²) >= 11 is 0. The quantitative estimate of drug-likeness (QED) is 0.883. The average Bonchev–Trinajstić information content (AvgIpc) is 2.40. The molecule has 0 radical (unpaired) electrons. The third kappa shape index (κ3) is 3.47. The fraction of sp³-hybridized carbons (Fsp3) is 0.500. The van der Waals surface area contributed by atoms with Crippen molar-refractivity contribution in [2.45, 2.75) is 25.3 Å². The summed E-state index contributed by atoms with van der Waals surface area (Å²) in [5, 5.41) is 0. The normalized spacial score (nSPS) is 19.8. The Morgan fingerprint density at radius 2 is 2.17 bits per heavy atom. The van der Waals surface area contributed by atoms with Crippen molar-refractivity contribution in [2.75, 3.05) is 19.8 Å². The predicted molar refractivity (Wildman–Crippen MR) is 70.3 cm³/mol. The maximum atomic E-state index is 11.3. The van der Waals surface area contributed by atoms with Gasteiger partial charge < -0.3 is 15.4 Å². The first kappa shape index (κ1) is 12.9. The van der Waals surface area contributed by atoms with Gasteiger partial charge in [-0.1, -0.05) is 30.3 Å². The van der Waals surface area contributed by atoms with Gasteiger partial charge in [0, 0.05) is 6.54 Å². The van der Waals surface area contributed by atoms with Crippen molar-refractivity contribution in [3.05, 3.63) is 35.9 Å². The second-order valence-corrected chi connectivity index (χ2v) is 4.64. The van der Waals surface area contributed by atoms with E-state index in [4.69, 9.17) is 10.5 Å². The van der Waals surface area contributed by atoms with Crippen molar-refractivity contribution in [3.8, 4) is 0 Å². The van der Waals surface area contributed by atoms with Crippen LogP contribution in [0.4, 0.5) is 4.79 Å². The average molecular weight is 248 g/mol. The third-order valence-electron chi connectivity index (χ3n) is 3.36. The van der Waals surface area contributed by atoms with E-state index in [9.17, 15) is 4.79 Å². The van der Waals surface area contributed by atoms with E-state index in [0.717, 1.165) is 19.3 Å². The van der Waals surface area contributed by atoms with Crippen molar-refractivity contribution < 1.29 is 9.53 Å². The minimum atomic E-state index is -0.331. The second kappa shape index (κ2) is 6.40. The SMILES string of the molecule is NC(=O)N1CCOCC1CCCc1ccccc1. The Hall–Kier alpha value is -1.55. The molecule has 0 saturated carbocycles. The van der Waals surface area contributed by atoms with Gasteiger partial charge in [-0.2, -0.15) is 0 Å². The molecule has 1 atom stereocenters. The van der Waals surface area contributed by atoms with Crippen LogP contribution in [-0.4, -0.2) is 36.7 Å². The van der Waals surface area contributed by atoms with Crippen LogP contribution in [0.15, 0.2) is 30.3 Å². The number of hydrogen-bond acceptors (Lipinski definition) is 2. The molecule has 98 valence electrons. The highest BCUT2D eigenvalue weighted by Crippen LogP contribution is 2.14. The number of urea groups is 1. The highest BCUT2D eigenvalue weighted by Gasteiger charge is 2.24. The summed E-state index contributed by atoms with van der Waals surface area (Å²) in [5.41, 5.74) is 6.71. The fourth-order valence-electron chi connectivity index (χ4n) is 2.37. The van der Waals surface area contributed by atoms with Gasteiger partial charge in [0.15, 0.2) is 0 Å². The van der Waals surface area contributed by atoms with Gasteiger partial charge in [-0.05, 0) is 24.8 Å². The van der Waals surface area contributed by atoms with Crippen LogP contribution in [0.3, 0.4) is 0 Å². The van der Waals surface area contributed by atoms with Crippen LogP contribution in [0.2, 0.25) is 0 Å². The molecule has 0 aliphatic carbocycles. The molecule has 1 saturated heterocycles. The molecule has 2 rings (SSSR count). The number of hydrogen-bond donors (Lipinski definition) is 1. The number of carbonyl (C=O) groups is 1. The molecule has 1 aliphatic rings. The standard InChI is InChI=1S/C14H20N2O2/c15-14(17)16-9-10-18-11-13(16)8-4-7-12-5-2-1-3-6-12/h1-3,5-6,13H,4,7-11H2,(H2,15,17).